The second-order valence-electron chi connectivity index (χ2n) is 7.56. The third kappa shape index (κ3) is 4.30. The number of rotatable bonds is 7. The number of nitrogens with zero attached hydrogens (tertiary/aromatic N) is 2. The smallest absolute Gasteiger partial charge is 0.226 e. The highest BCUT2D eigenvalue weighted by Gasteiger charge is 2.28. The largest absolute Gasteiger partial charge is 0.497 e. The maximum absolute atomic E-state index is 12.3. The number of ether oxygens (including phenoxy) is 2. The van der Waals surface area contributed by atoms with Gasteiger partial charge in [-0.2, -0.15) is 0 Å². The van der Waals surface area contributed by atoms with Crippen LogP contribution in [0.2, 0.25) is 0 Å². The van der Waals surface area contributed by atoms with Crippen molar-refractivity contribution in [1.29, 1.82) is 0 Å². The van der Waals surface area contributed by atoms with Crippen LogP contribution in [0, 0.1) is 0 Å². The second-order valence-corrected chi connectivity index (χ2v) is 7.56. The van der Waals surface area contributed by atoms with E-state index in [9.17, 15) is 4.79 Å². The van der Waals surface area contributed by atoms with Crippen molar-refractivity contribution in [2.75, 3.05) is 38.2 Å². The molecular weight excluding hydrogens is 352 g/mol. The molecule has 2 heterocycles. The number of anilines is 1. The maximum atomic E-state index is 12.3. The van der Waals surface area contributed by atoms with E-state index in [1.807, 2.05) is 35.2 Å². The van der Waals surface area contributed by atoms with Gasteiger partial charge in [0.05, 0.1) is 7.11 Å². The lowest BCUT2D eigenvalue weighted by Gasteiger charge is -2.39. The van der Waals surface area contributed by atoms with Crippen LogP contribution in [0.5, 0.6) is 11.5 Å². The Morgan fingerprint density at radius 1 is 1.04 bits per heavy atom. The number of carbonyl (C=O) groups is 1. The summed E-state index contributed by atoms with van der Waals surface area (Å²) in [6, 6.07) is 16.1. The molecule has 0 saturated carbocycles. The fourth-order valence-electron chi connectivity index (χ4n) is 3.97. The van der Waals surface area contributed by atoms with Gasteiger partial charge < -0.3 is 14.4 Å². The highest BCUT2D eigenvalue weighted by Crippen LogP contribution is 2.27. The number of benzene rings is 2. The minimum Gasteiger partial charge on any atom is -0.497 e. The van der Waals surface area contributed by atoms with Crippen molar-refractivity contribution in [2.24, 2.45) is 0 Å². The van der Waals surface area contributed by atoms with Gasteiger partial charge in [0.1, 0.15) is 17.6 Å². The SMILES string of the molecule is COc1cccc(OC2CN(CCc3ccccc3N3CCCCC3=O)C2)c1. The van der Waals surface area contributed by atoms with Crippen molar-refractivity contribution in [1.82, 2.24) is 4.90 Å². The summed E-state index contributed by atoms with van der Waals surface area (Å²) in [6.45, 7) is 3.69. The van der Waals surface area contributed by atoms with Crippen LogP contribution in [-0.4, -0.2) is 50.2 Å². The molecule has 2 saturated heterocycles. The summed E-state index contributed by atoms with van der Waals surface area (Å²) < 4.78 is 11.3. The Labute approximate surface area is 166 Å². The van der Waals surface area contributed by atoms with Crippen LogP contribution in [-0.2, 0) is 11.2 Å². The molecule has 0 spiro atoms. The highest BCUT2D eigenvalue weighted by atomic mass is 16.5. The van der Waals surface area contributed by atoms with E-state index in [2.05, 4.69) is 23.1 Å². The van der Waals surface area contributed by atoms with Gasteiger partial charge in [-0.3, -0.25) is 9.69 Å². The Morgan fingerprint density at radius 3 is 2.68 bits per heavy atom. The monoisotopic (exact) mass is 380 g/mol. The van der Waals surface area contributed by atoms with Crippen LogP contribution in [0.15, 0.2) is 48.5 Å². The van der Waals surface area contributed by atoms with Crippen molar-refractivity contribution in [3.8, 4) is 11.5 Å². The average Bonchev–Trinajstić information content (AvgIpc) is 2.70. The van der Waals surface area contributed by atoms with E-state index in [-0.39, 0.29) is 12.0 Å². The van der Waals surface area contributed by atoms with Crippen LogP contribution in [0.4, 0.5) is 5.69 Å². The number of hydrogen-bond donors (Lipinski definition) is 0. The number of para-hydroxylation sites is 1. The van der Waals surface area contributed by atoms with Crippen LogP contribution >= 0.6 is 0 Å². The summed E-state index contributed by atoms with van der Waals surface area (Å²) in [5, 5.41) is 0. The summed E-state index contributed by atoms with van der Waals surface area (Å²) >= 11 is 0. The van der Waals surface area contributed by atoms with Crippen LogP contribution in [0.1, 0.15) is 24.8 Å². The zero-order chi connectivity index (χ0) is 19.3. The van der Waals surface area contributed by atoms with Gasteiger partial charge in [0, 0.05) is 44.4 Å². The Bertz CT molecular complexity index is 817. The fourth-order valence-corrected chi connectivity index (χ4v) is 3.97. The molecule has 2 fully saturated rings. The van der Waals surface area contributed by atoms with E-state index < -0.39 is 0 Å². The first-order chi connectivity index (χ1) is 13.7. The molecule has 5 nitrogen and oxygen atoms in total. The van der Waals surface area contributed by atoms with E-state index in [4.69, 9.17) is 9.47 Å². The molecule has 2 aliphatic rings. The molecule has 5 heteroatoms. The number of methoxy groups -OCH3 is 1. The van der Waals surface area contributed by atoms with E-state index in [1.54, 1.807) is 7.11 Å². The molecule has 0 unspecified atom stereocenters. The Morgan fingerprint density at radius 2 is 1.86 bits per heavy atom. The minimum atomic E-state index is 0.228. The topological polar surface area (TPSA) is 42.0 Å². The first-order valence-corrected chi connectivity index (χ1v) is 10.1. The minimum absolute atomic E-state index is 0.228. The highest BCUT2D eigenvalue weighted by molar-refractivity contribution is 5.94. The molecule has 0 aromatic heterocycles. The van der Waals surface area contributed by atoms with Crippen LogP contribution in [0.3, 0.4) is 0 Å². The molecular formula is C23H28N2O3. The molecule has 4 rings (SSSR count). The Kier molecular flexibility index (Phi) is 5.81. The summed E-state index contributed by atoms with van der Waals surface area (Å²) in [5.74, 6) is 1.94. The summed E-state index contributed by atoms with van der Waals surface area (Å²) in [7, 11) is 1.67. The molecule has 0 radical (unpaired) electrons. The Balaban J connectivity index is 1.29. The predicted octanol–water partition coefficient (Wildman–Crippen LogP) is 3.52. The number of hydrogen-bond acceptors (Lipinski definition) is 4. The van der Waals surface area contributed by atoms with Gasteiger partial charge >= 0.3 is 0 Å². The molecule has 2 aliphatic heterocycles. The zero-order valence-electron chi connectivity index (χ0n) is 16.5. The molecule has 0 N–H and O–H groups in total. The molecule has 0 aliphatic carbocycles. The molecule has 0 atom stereocenters. The van der Waals surface area contributed by atoms with E-state index in [0.29, 0.717) is 6.42 Å². The Hall–Kier alpha value is -2.53. The maximum Gasteiger partial charge on any atom is 0.226 e. The van der Waals surface area contributed by atoms with Crippen molar-refractivity contribution in [3.63, 3.8) is 0 Å². The van der Waals surface area contributed by atoms with Crippen molar-refractivity contribution in [2.45, 2.75) is 31.8 Å². The summed E-state index contributed by atoms with van der Waals surface area (Å²) in [5.41, 5.74) is 2.35. The zero-order valence-corrected chi connectivity index (χ0v) is 16.5. The van der Waals surface area contributed by atoms with Gasteiger partial charge in [-0.1, -0.05) is 24.3 Å². The lowest BCUT2D eigenvalue weighted by atomic mass is 10.0. The third-order valence-electron chi connectivity index (χ3n) is 5.57. The quantitative estimate of drug-likeness (QED) is 0.737. The van der Waals surface area contributed by atoms with Crippen molar-refractivity contribution in [3.05, 3.63) is 54.1 Å². The standard InChI is InChI=1S/C23H28N2O3/c1-27-19-8-6-9-20(15-19)28-21-16-24(17-21)14-12-18-7-2-3-10-22(18)25-13-5-4-11-23(25)26/h2-3,6-10,15,21H,4-5,11-14,16-17H2,1H3. The molecule has 148 valence electrons. The van der Waals surface area contributed by atoms with Crippen LogP contribution in [0.25, 0.3) is 0 Å². The van der Waals surface area contributed by atoms with Gasteiger partial charge in [-0.05, 0) is 43.0 Å². The molecule has 0 bridgehead atoms. The summed E-state index contributed by atoms with van der Waals surface area (Å²) in [6.07, 6.45) is 3.96. The van der Waals surface area contributed by atoms with E-state index in [1.165, 1.54) is 5.56 Å². The van der Waals surface area contributed by atoms with Gasteiger partial charge in [0.15, 0.2) is 0 Å². The van der Waals surface area contributed by atoms with Gasteiger partial charge in [0.2, 0.25) is 5.91 Å². The van der Waals surface area contributed by atoms with Crippen molar-refractivity contribution < 1.29 is 14.3 Å². The van der Waals surface area contributed by atoms with Crippen molar-refractivity contribution >= 4 is 11.6 Å². The third-order valence-corrected chi connectivity index (χ3v) is 5.57. The fraction of sp³-hybridized carbons (Fsp3) is 0.435. The average molecular weight is 380 g/mol. The van der Waals surface area contributed by atoms with Gasteiger partial charge in [0.25, 0.3) is 0 Å². The molecule has 1 amide bonds. The second kappa shape index (κ2) is 8.65. The first-order valence-electron chi connectivity index (χ1n) is 10.1. The number of amides is 1. The molecule has 28 heavy (non-hydrogen) atoms. The number of carbonyl (C=O) groups excluding carboxylic acids is 1. The van der Waals surface area contributed by atoms with Crippen LogP contribution < -0.4 is 14.4 Å². The van der Waals surface area contributed by atoms with E-state index >= 15 is 0 Å². The first kappa shape index (κ1) is 18.8. The normalized spacial score (nSPS) is 18.0. The molecule has 2 aromatic rings. The number of piperidine rings is 1. The lowest BCUT2D eigenvalue weighted by molar-refractivity contribution is -0.119. The van der Waals surface area contributed by atoms with E-state index in [0.717, 1.165) is 62.6 Å². The molecule has 2 aromatic carbocycles. The van der Waals surface area contributed by atoms with Gasteiger partial charge in [-0.25, -0.2) is 0 Å². The lowest BCUT2D eigenvalue weighted by Crippen LogP contribution is -2.54. The van der Waals surface area contributed by atoms with Gasteiger partial charge in [-0.15, -0.1) is 0 Å². The summed E-state index contributed by atoms with van der Waals surface area (Å²) in [4.78, 5) is 16.7. The number of likely N-dealkylation sites (tertiary alicyclic amines) is 1. The predicted molar refractivity (Wildman–Crippen MR) is 110 cm³/mol.